The first kappa shape index (κ1) is 13.5. The Morgan fingerprint density at radius 1 is 1.20 bits per heavy atom. The summed E-state index contributed by atoms with van der Waals surface area (Å²) in [5.41, 5.74) is 10.3. The van der Waals surface area contributed by atoms with E-state index in [1.165, 1.54) is 18.2 Å². The fourth-order valence-corrected chi connectivity index (χ4v) is 1.73. The zero-order valence-electron chi connectivity index (χ0n) is 10.1. The SMILES string of the molecule is NC(=O)C(NC(=O)c1cc2c(F)cccc2[nH]1)C(N)=O. The highest BCUT2D eigenvalue weighted by Gasteiger charge is 2.25. The van der Waals surface area contributed by atoms with Gasteiger partial charge in [-0.2, -0.15) is 0 Å². The molecular weight excluding hydrogens is 267 g/mol. The Hall–Kier alpha value is -2.90. The van der Waals surface area contributed by atoms with E-state index in [1.807, 2.05) is 0 Å². The van der Waals surface area contributed by atoms with Crippen molar-refractivity contribution < 1.29 is 18.8 Å². The molecule has 0 spiro atoms. The summed E-state index contributed by atoms with van der Waals surface area (Å²) in [6.45, 7) is 0. The number of hydrogen-bond donors (Lipinski definition) is 4. The van der Waals surface area contributed by atoms with Crippen molar-refractivity contribution in [1.29, 1.82) is 0 Å². The van der Waals surface area contributed by atoms with Gasteiger partial charge in [0.05, 0.1) is 0 Å². The lowest BCUT2D eigenvalue weighted by atomic mass is 10.2. The van der Waals surface area contributed by atoms with Gasteiger partial charge in [0.25, 0.3) is 5.91 Å². The fraction of sp³-hybridized carbons (Fsp3) is 0.0833. The van der Waals surface area contributed by atoms with E-state index in [0.29, 0.717) is 5.52 Å². The van der Waals surface area contributed by atoms with Crippen LogP contribution in [0.15, 0.2) is 24.3 Å². The van der Waals surface area contributed by atoms with Gasteiger partial charge in [0.2, 0.25) is 11.8 Å². The van der Waals surface area contributed by atoms with Gasteiger partial charge in [0, 0.05) is 10.9 Å². The van der Waals surface area contributed by atoms with Gasteiger partial charge >= 0.3 is 0 Å². The second-order valence-electron chi connectivity index (χ2n) is 4.10. The lowest BCUT2D eigenvalue weighted by Gasteiger charge is -2.10. The predicted molar refractivity (Wildman–Crippen MR) is 67.9 cm³/mol. The van der Waals surface area contributed by atoms with Crippen molar-refractivity contribution in [1.82, 2.24) is 10.3 Å². The molecule has 7 nitrogen and oxygen atoms in total. The number of carbonyl (C=O) groups excluding carboxylic acids is 3. The predicted octanol–water partition coefficient (Wildman–Crippen LogP) is -0.624. The summed E-state index contributed by atoms with van der Waals surface area (Å²) in [6.07, 6.45) is 0. The third-order valence-corrected chi connectivity index (χ3v) is 2.70. The Kier molecular flexibility index (Phi) is 3.38. The van der Waals surface area contributed by atoms with Gasteiger partial charge in [0.1, 0.15) is 11.5 Å². The minimum atomic E-state index is -1.63. The molecule has 0 atom stereocenters. The van der Waals surface area contributed by atoms with Crippen molar-refractivity contribution in [3.63, 3.8) is 0 Å². The number of H-pyrrole nitrogens is 1. The van der Waals surface area contributed by atoms with Crippen LogP contribution >= 0.6 is 0 Å². The van der Waals surface area contributed by atoms with Crippen LogP contribution in [-0.2, 0) is 9.59 Å². The Morgan fingerprint density at radius 2 is 1.85 bits per heavy atom. The quantitative estimate of drug-likeness (QED) is 0.555. The van der Waals surface area contributed by atoms with Gasteiger partial charge in [-0.05, 0) is 18.2 Å². The van der Waals surface area contributed by atoms with Gasteiger partial charge in [0.15, 0.2) is 6.04 Å². The Bertz CT molecular complexity index is 696. The minimum Gasteiger partial charge on any atom is -0.367 e. The number of aromatic nitrogens is 1. The van der Waals surface area contributed by atoms with E-state index < -0.39 is 29.6 Å². The molecule has 20 heavy (non-hydrogen) atoms. The molecule has 0 unspecified atom stereocenters. The average molecular weight is 278 g/mol. The molecule has 1 aromatic carbocycles. The van der Waals surface area contributed by atoms with Crippen LogP contribution in [-0.4, -0.2) is 28.7 Å². The topological polar surface area (TPSA) is 131 Å². The van der Waals surface area contributed by atoms with E-state index in [1.54, 1.807) is 6.07 Å². The van der Waals surface area contributed by atoms with Gasteiger partial charge in [-0.25, -0.2) is 4.39 Å². The standard InChI is InChI=1S/C12H11FN4O3/c13-6-2-1-3-7-5(6)4-8(16-7)12(20)17-9(10(14)18)11(15)19/h1-4,9,16H,(H2,14,18)(H2,15,19)(H,17,20). The fourth-order valence-electron chi connectivity index (χ4n) is 1.73. The molecular formula is C12H11FN4O3. The van der Waals surface area contributed by atoms with Gasteiger partial charge in [-0.15, -0.1) is 0 Å². The largest absolute Gasteiger partial charge is 0.367 e. The van der Waals surface area contributed by atoms with Crippen molar-refractivity contribution in [2.45, 2.75) is 6.04 Å². The van der Waals surface area contributed by atoms with Crippen LogP contribution in [0.3, 0.4) is 0 Å². The maximum atomic E-state index is 13.5. The monoisotopic (exact) mass is 278 g/mol. The number of hydrogen-bond acceptors (Lipinski definition) is 3. The molecule has 1 aromatic heterocycles. The molecule has 0 aliphatic rings. The molecule has 1 heterocycles. The first-order valence-corrected chi connectivity index (χ1v) is 5.57. The number of nitrogens with one attached hydrogen (secondary N) is 2. The molecule has 0 saturated heterocycles. The highest BCUT2D eigenvalue weighted by molar-refractivity contribution is 6.08. The Balaban J connectivity index is 2.30. The Morgan fingerprint density at radius 3 is 2.40 bits per heavy atom. The van der Waals surface area contributed by atoms with Crippen LogP contribution in [0.4, 0.5) is 4.39 Å². The van der Waals surface area contributed by atoms with Crippen LogP contribution in [0.5, 0.6) is 0 Å². The van der Waals surface area contributed by atoms with Crippen molar-refractivity contribution >= 4 is 28.6 Å². The van der Waals surface area contributed by atoms with Crippen molar-refractivity contribution in [3.05, 3.63) is 35.8 Å². The average Bonchev–Trinajstić information content (AvgIpc) is 2.80. The summed E-state index contributed by atoms with van der Waals surface area (Å²) in [4.78, 5) is 36.5. The number of nitrogens with two attached hydrogens (primary N) is 2. The Labute approximate surface area is 112 Å². The van der Waals surface area contributed by atoms with E-state index >= 15 is 0 Å². The lowest BCUT2D eigenvalue weighted by molar-refractivity contribution is -0.128. The van der Waals surface area contributed by atoms with Crippen molar-refractivity contribution in [3.8, 4) is 0 Å². The maximum absolute atomic E-state index is 13.5. The molecule has 0 aliphatic heterocycles. The summed E-state index contributed by atoms with van der Waals surface area (Å²) < 4.78 is 13.5. The molecule has 6 N–H and O–H groups in total. The van der Waals surface area contributed by atoms with Crippen molar-refractivity contribution in [2.24, 2.45) is 11.5 Å². The molecule has 3 amide bonds. The van der Waals surface area contributed by atoms with E-state index in [4.69, 9.17) is 11.5 Å². The third kappa shape index (κ3) is 2.44. The first-order chi connectivity index (χ1) is 9.40. The van der Waals surface area contributed by atoms with Crippen LogP contribution in [0.1, 0.15) is 10.5 Å². The normalized spacial score (nSPS) is 10.7. The van der Waals surface area contributed by atoms with Gasteiger partial charge in [-0.3, -0.25) is 14.4 Å². The van der Waals surface area contributed by atoms with E-state index in [-0.39, 0.29) is 11.1 Å². The third-order valence-electron chi connectivity index (χ3n) is 2.70. The summed E-state index contributed by atoms with van der Waals surface area (Å²) in [7, 11) is 0. The number of amides is 3. The minimum absolute atomic E-state index is 0.0161. The second kappa shape index (κ2) is 5.00. The number of aromatic amines is 1. The molecule has 2 aromatic rings. The van der Waals surface area contributed by atoms with Crippen LogP contribution in [0, 0.1) is 5.82 Å². The number of halogens is 1. The van der Waals surface area contributed by atoms with Crippen molar-refractivity contribution in [2.75, 3.05) is 0 Å². The lowest BCUT2D eigenvalue weighted by Crippen LogP contribution is -2.52. The van der Waals surface area contributed by atoms with E-state index in [2.05, 4.69) is 10.3 Å². The zero-order chi connectivity index (χ0) is 14.9. The smallest absolute Gasteiger partial charge is 0.268 e. The highest BCUT2D eigenvalue weighted by Crippen LogP contribution is 2.18. The number of rotatable bonds is 4. The second-order valence-corrected chi connectivity index (χ2v) is 4.10. The summed E-state index contributed by atoms with van der Waals surface area (Å²) in [5, 5.41) is 2.29. The first-order valence-electron chi connectivity index (χ1n) is 5.57. The van der Waals surface area contributed by atoms with E-state index in [0.717, 1.165) is 0 Å². The van der Waals surface area contributed by atoms with Crippen LogP contribution in [0.25, 0.3) is 10.9 Å². The molecule has 2 rings (SSSR count). The van der Waals surface area contributed by atoms with Gasteiger partial charge < -0.3 is 21.8 Å². The molecule has 0 fully saturated rings. The summed E-state index contributed by atoms with van der Waals surface area (Å²) in [6, 6.07) is 3.94. The number of primary amides is 2. The molecule has 0 saturated carbocycles. The number of fused-ring (bicyclic) bond motifs is 1. The van der Waals surface area contributed by atoms with Crippen LogP contribution < -0.4 is 16.8 Å². The zero-order valence-corrected chi connectivity index (χ0v) is 10.1. The summed E-state index contributed by atoms with van der Waals surface area (Å²) in [5.74, 6) is -3.44. The number of benzene rings is 1. The summed E-state index contributed by atoms with van der Waals surface area (Å²) >= 11 is 0. The van der Waals surface area contributed by atoms with E-state index in [9.17, 15) is 18.8 Å². The molecule has 8 heteroatoms. The molecule has 104 valence electrons. The molecule has 0 radical (unpaired) electrons. The maximum Gasteiger partial charge on any atom is 0.268 e. The van der Waals surface area contributed by atoms with Gasteiger partial charge in [-0.1, -0.05) is 6.07 Å². The number of carbonyl (C=O) groups is 3. The van der Waals surface area contributed by atoms with Crippen LogP contribution in [0.2, 0.25) is 0 Å². The highest BCUT2D eigenvalue weighted by atomic mass is 19.1. The molecule has 0 bridgehead atoms. The molecule has 0 aliphatic carbocycles.